The standard InChI is InChI=1S/C16H26N2O7/c1-3-24-14(20)10-17(11-15(21)25-4-2)9-7-13(19)18-8-5-6-12(18)16(22)23/h12H,3-11H2,1-2H3,(H,22,23)/t12-/m0/s1. The highest BCUT2D eigenvalue weighted by atomic mass is 16.5. The predicted octanol–water partition coefficient (Wildman–Crippen LogP) is -0.120. The highest BCUT2D eigenvalue weighted by molar-refractivity contribution is 5.84. The van der Waals surface area contributed by atoms with Crippen molar-refractivity contribution in [3.8, 4) is 0 Å². The van der Waals surface area contributed by atoms with E-state index >= 15 is 0 Å². The molecule has 0 aromatic rings. The number of likely N-dealkylation sites (tertiary alicyclic amines) is 1. The summed E-state index contributed by atoms with van der Waals surface area (Å²) in [5.74, 6) is -2.31. The third kappa shape index (κ3) is 7.08. The largest absolute Gasteiger partial charge is 0.480 e. The van der Waals surface area contributed by atoms with Crippen LogP contribution in [0.1, 0.15) is 33.1 Å². The monoisotopic (exact) mass is 358 g/mol. The number of carboxylic acids is 1. The van der Waals surface area contributed by atoms with Gasteiger partial charge in [-0.1, -0.05) is 0 Å². The van der Waals surface area contributed by atoms with Crippen LogP contribution in [0.5, 0.6) is 0 Å². The van der Waals surface area contributed by atoms with E-state index in [9.17, 15) is 19.2 Å². The van der Waals surface area contributed by atoms with Gasteiger partial charge in [0.05, 0.1) is 26.3 Å². The van der Waals surface area contributed by atoms with E-state index in [4.69, 9.17) is 14.6 Å². The molecule has 142 valence electrons. The molecule has 9 heteroatoms. The van der Waals surface area contributed by atoms with E-state index in [-0.39, 0.29) is 45.2 Å². The molecule has 1 heterocycles. The predicted molar refractivity (Wildman–Crippen MR) is 86.7 cm³/mol. The van der Waals surface area contributed by atoms with Crippen LogP contribution >= 0.6 is 0 Å². The summed E-state index contributed by atoms with van der Waals surface area (Å²) in [4.78, 5) is 49.6. The zero-order valence-corrected chi connectivity index (χ0v) is 14.7. The maximum absolute atomic E-state index is 12.3. The number of nitrogens with zero attached hydrogens (tertiary/aromatic N) is 2. The fraction of sp³-hybridized carbons (Fsp3) is 0.750. The van der Waals surface area contributed by atoms with Crippen molar-refractivity contribution in [2.45, 2.75) is 39.2 Å². The molecular formula is C16H26N2O7. The molecule has 0 radical (unpaired) electrons. The number of esters is 2. The normalized spacial score (nSPS) is 16.8. The van der Waals surface area contributed by atoms with E-state index in [1.54, 1.807) is 13.8 Å². The van der Waals surface area contributed by atoms with Crippen LogP contribution in [0.3, 0.4) is 0 Å². The lowest BCUT2D eigenvalue weighted by molar-refractivity contribution is -0.149. The first-order valence-corrected chi connectivity index (χ1v) is 8.44. The molecule has 25 heavy (non-hydrogen) atoms. The first-order chi connectivity index (χ1) is 11.9. The van der Waals surface area contributed by atoms with Gasteiger partial charge in [0.1, 0.15) is 6.04 Å². The summed E-state index contributed by atoms with van der Waals surface area (Å²) in [7, 11) is 0. The molecule has 1 fully saturated rings. The molecule has 9 nitrogen and oxygen atoms in total. The summed E-state index contributed by atoms with van der Waals surface area (Å²) >= 11 is 0. The van der Waals surface area contributed by atoms with Gasteiger partial charge in [-0.15, -0.1) is 0 Å². The summed E-state index contributed by atoms with van der Waals surface area (Å²) in [5, 5.41) is 9.14. The number of rotatable bonds is 10. The van der Waals surface area contributed by atoms with Crippen LogP contribution in [0, 0.1) is 0 Å². The quantitative estimate of drug-likeness (QED) is 0.538. The van der Waals surface area contributed by atoms with Gasteiger partial charge in [0, 0.05) is 19.5 Å². The maximum atomic E-state index is 12.3. The number of carbonyl (C=O) groups is 4. The van der Waals surface area contributed by atoms with Crippen LogP contribution in [0.4, 0.5) is 0 Å². The van der Waals surface area contributed by atoms with Crippen LogP contribution in [-0.2, 0) is 28.7 Å². The van der Waals surface area contributed by atoms with Crippen LogP contribution in [0.25, 0.3) is 0 Å². The van der Waals surface area contributed by atoms with Crippen molar-refractivity contribution < 1.29 is 33.8 Å². The highest BCUT2D eigenvalue weighted by Gasteiger charge is 2.33. The highest BCUT2D eigenvalue weighted by Crippen LogP contribution is 2.18. The Hall–Kier alpha value is -2.16. The maximum Gasteiger partial charge on any atom is 0.326 e. The zero-order valence-electron chi connectivity index (χ0n) is 14.7. The molecule has 0 bridgehead atoms. The Balaban J connectivity index is 2.60. The van der Waals surface area contributed by atoms with E-state index < -0.39 is 23.9 Å². The molecule has 0 aromatic heterocycles. The number of hydrogen-bond donors (Lipinski definition) is 1. The van der Waals surface area contributed by atoms with Gasteiger partial charge >= 0.3 is 17.9 Å². The van der Waals surface area contributed by atoms with Crippen molar-refractivity contribution in [3.05, 3.63) is 0 Å². The van der Waals surface area contributed by atoms with Gasteiger partial charge < -0.3 is 19.5 Å². The van der Waals surface area contributed by atoms with Crippen LogP contribution in [0.2, 0.25) is 0 Å². The Bertz CT molecular complexity index is 475. The minimum absolute atomic E-state index is 0.0165. The SMILES string of the molecule is CCOC(=O)CN(CCC(=O)N1CCC[C@H]1C(=O)O)CC(=O)OCC. The van der Waals surface area contributed by atoms with Crippen LogP contribution in [-0.4, -0.2) is 84.2 Å². The zero-order chi connectivity index (χ0) is 18.8. The van der Waals surface area contributed by atoms with Crippen molar-refractivity contribution in [2.24, 2.45) is 0 Å². The average Bonchev–Trinajstić information content (AvgIpc) is 3.02. The Morgan fingerprint density at radius 3 is 2.12 bits per heavy atom. The number of amides is 1. The molecule has 0 aromatic carbocycles. The number of carbonyl (C=O) groups excluding carboxylic acids is 3. The van der Waals surface area contributed by atoms with Crippen molar-refractivity contribution in [1.29, 1.82) is 0 Å². The van der Waals surface area contributed by atoms with Crippen molar-refractivity contribution in [2.75, 3.05) is 39.4 Å². The molecule has 0 saturated carbocycles. The van der Waals surface area contributed by atoms with Crippen molar-refractivity contribution in [3.63, 3.8) is 0 Å². The molecular weight excluding hydrogens is 332 g/mol. The van der Waals surface area contributed by atoms with Gasteiger partial charge in [-0.2, -0.15) is 0 Å². The fourth-order valence-electron chi connectivity index (χ4n) is 2.71. The summed E-state index contributed by atoms with van der Waals surface area (Å²) in [5.41, 5.74) is 0. The van der Waals surface area contributed by atoms with E-state index in [0.717, 1.165) is 0 Å². The Kier molecular flexibility index (Phi) is 8.90. The van der Waals surface area contributed by atoms with Gasteiger partial charge in [-0.25, -0.2) is 4.79 Å². The third-order valence-electron chi connectivity index (χ3n) is 3.82. The molecule has 1 aliphatic heterocycles. The number of carboxylic acid groups (broad SMARTS) is 1. The summed E-state index contributed by atoms with van der Waals surface area (Å²) in [6.07, 6.45) is 1.11. The lowest BCUT2D eigenvalue weighted by Gasteiger charge is -2.24. The van der Waals surface area contributed by atoms with Gasteiger partial charge in [0.25, 0.3) is 0 Å². The summed E-state index contributed by atoms with van der Waals surface area (Å²) in [6.45, 7) is 4.07. The van der Waals surface area contributed by atoms with Crippen molar-refractivity contribution in [1.82, 2.24) is 9.80 Å². The Morgan fingerprint density at radius 2 is 1.64 bits per heavy atom. The third-order valence-corrected chi connectivity index (χ3v) is 3.82. The molecule has 1 aliphatic rings. The topological polar surface area (TPSA) is 113 Å². The summed E-state index contributed by atoms with van der Waals surface area (Å²) < 4.78 is 9.73. The number of aliphatic carboxylic acids is 1. The number of ether oxygens (including phenoxy) is 2. The molecule has 1 rings (SSSR count). The molecule has 1 saturated heterocycles. The van der Waals surface area contributed by atoms with Crippen molar-refractivity contribution >= 4 is 23.8 Å². The molecule has 1 N–H and O–H groups in total. The molecule has 0 unspecified atom stereocenters. The molecule has 0 spiro atoms. The first kappa shape index (κ1) is 20.9. The fourth-order valence-corrected chi connectivity index (χ4v) is 2.71. The van der Waals surface area contributed by atoms with Gasteiger partial charge in [-0.05, 0) is 26.7 Å². The molecule has 0 aliphatic carbocycles. The lowest BCUT2D eigenvalue weighted by atomic mass is 10.2. The first-order valence-electron chi connectivity index (χ1n) is 8.44. The average molecular weight is 358 g/mol. The second kappa shape index (κ2) is 10.7. The molecule has 1 amide bonds. The lowest BCUT2D eigenvalue weighted by Crippen LogP contribution is -2.43. The van der Waals surface area contributed by atoms with Crippen LogP contribution < -0.4 is 0 Å². The van der Waals surface area contributed by atoms with E-state index in [2.05, 4.69) is 0 Å². The Labute approximate surface area is 146 Å². The van der Waals surface area contributed by atoms with Gasteiger partial charge in [0.15, 0.2) is 0 Å². The van der Waals surface area contributed by atoms with E-state index in [1.165, 1.54) is 9.80 Å². The van der Waals surface area contributed by atoms with E-state index in [0.29, 0.717) is 19.4 Å². The minimum Gasteiger partial charge on any atom is -0.480 e. The smallest absolute Gasteiger partial charge is 0.326 e. The number of hydrogen-bond acceptors (Lipinski definition) is 7. The summed E-state index contributed by atoms with van der Waals surface area (Å²) in [6, 6.07) is -0.795. The van der Waals surface area contributed by atoms with Gasteiger partial charge in [0.2, 0.25) is 5.91 Å². The minimum atomic E-state index is -1.01. The molecule has 1 atom stereocenters. The second-order valence-corrected chi connectivity index (χ2v) is 5.65. The second-order valence-electron chi connectivity index (χ2n) is 5.65. The van der Waals surface area contributed by atoms with E-state index in [1.807, 2.05) is 0 Å². The van der Waals surface area contributed by atoms with Gasteiger partial charge in [-0.3, -0.25) is 19.3 Å². The van der Waals surface area contributed by atoms with Crippen LogP contribution in [0.15, 0.2) is 0 Å². The Morgan fingerprint density at radius 1 is 1.08 bits per heavy atom.